The second kappa shape index (κ2) is 5.97. The number of carbonyl (C=O) groups excluding carboxylic acids is 1. The minimum absolute atomic E-state index is 0.0193. The van der Waals surface area contributed by atoms with Gasteiger partial charge in [-0.15, -0.1) is 16.4 Å². The lowest BCUT2D eigenvalue weighted by molar-refractivity contribution is 0.0738. The summed E-state index contributed by atoms with van der Waals surface area (Å²) in [6.45, 7) is 8.27. The molecule has 0 bridgehead atoms. The van der Waals surface area contributed by atoms with Crippen molar-refractivity contribution in [2.75, 3.05) is 7.05 Å². The molecule has 2 rings (SSSR count). The van der Waals surface area contributed by atoms with Gasteiger partial charge in [-0.05, 0) is 25.4 Å². The van der Waals surface area contributed by atoms with E-state index in [0.717, 1.165) is 15.6 Å². The molecule has 5 nitrogen and oxygen atoms in total. The van der Waals surface area contributed by atoms with Crippen molar-refractivity contribution >= 4 is 28.8 Å². The Morgan fingerprint density at radius 1 is 1.35 bits per heavy atom. The van der Waals surface area contributed by atoms with E-state index in [0.29, 0.717) is 11.6 Å². The zero-order valence-corrected chi connectivity index (χ0v) is 13.9. The molecule has 108 valence electrons. The Morgan fingerprint density at radius 2 is 2.05 bits per heavy atom. The summed E-state index contributed by atoms with van der Waals surface area (Å²) in [5.41, 5.74) is 1.40. The Kier molecular flexibility index (Phi) is 4.49. The smallest absolute Gasteiger partial charge is 0.275 e. The molecule has 20 heavy (non-hydrogen) atoms. The molecule has 2 aromatic heterocycles. The van der Waals surface area contributed by atoms with E-state index in [2.05, 4.69) is 28.4 Å². The van der Waals surface area contributed by atoms with Crippen LogP contribution in [0.4, 0.5) is 0 Å². The van der Waals surface area contributed by atoms with Crippen molar-refractivity contribution in [3.63, 3.8) is 0 Å². The molecular formula is C13H18N4OS2. The van der Waals surface area contributed by atoms with Crippen LogP contribution in [0, 0.1) is 6.92 Å². The largest absolute Gasteiger partial charge is 0.333 e. The van der Waals surface area contributed by atoms with Gasteiger partial charge in [-0.2, -0.15) is 0 Å². The highest BCUT2D eigenvalue weighted by Gasteiger charge is 2.24. The summed E-state index contributed by atoms with van der Waals surface area (Å²) in [5, 5.41) is 6.62. The van der Waals surface area contributed by atoms with E-state index in [4.69, 9.17) is 0 Å². The zero-order valence-electron chi connectivity index (χ0n) is 12.2. The first-order valence-electron chi connectivity index (χ1n) is 6.43. The van der Waals surface area contributed by atoms with Gasteiger partial charge in [0.1, 0.15) is 0 Å². The lowest BCUT2D eigenvalue weighted by Crippen LogP contribution is -2.29. The topological polar surface area (TPSA) is 59.0 Å². The van der Waals surface area contributed by atoms with Crippen LogP contribution in [0.3, 0.4) is 0 Å². The fourth-order valence-electron chi connectivity index (χ4n) is 1.85. The highest BCUT2D eigenvalue weighted by molar-refractivity contribution is 7.11. The summed E-state index contributed by atoms with van der Waals surface area (Å²) in [4.78, 5) is 19.7. The summed E-state index contributed by atoms with van der Waals surface area (Å²) >= 11 is 2.87. The van der Waals surface area contributed by atoms with Crippen LogP contribution in [-0.2, 0) is 0 Å². The molecule has 2 heterocycles. The van der Waals surface area contributed by atoms with E-state index < -0.39 is 0 Å². The summed E-state index contributed by atoms with van der Waals surface area (Å²) < 4.78 is 3.74. The van der Waals surface area contributed by atoms with E-state index in [1.165, 1.54) is 11.5 Å². The maximum Gasteiger partial charge on any atom is 0.275 e. The summed E-state index contributed by atoms with van der Waals surface area (Å²) in [5.74, 6) is 0.300. The number of aromatic nitrogens is 3. The summed E-state index contributed by atoms with van der Waals surface area (Å²) in [6, 6.07) is -0.0193. The maximum absolute atomic E-state index is 12.3. The zero-order chi connectivity index (χ0) is 14.9. The summed E-state index contributed by atoms with van der Waals surface area (Å²) in [6.07, 6.45) is 0. The van der Waals surface area contributed by atoms with Crippen molar-refractivity contribution in [1.82, 2.24) is 19.5 Å². The van der Waals surface area contributed by atoms with Gasteiger partial charge in [-0.1, -0.05) is 18.3 Å². The molecule has 2 aromatic rings. The predicted molar refractivity (Wildman–Crippen MR) is 81.4 cm³/mol. The molecule has 0 spiro atoms. The van der Waals surface area contributed by atoms with Crippen LogP contribution in [0.15, 0.2) is 5.38 Å². The fraction of sp³-hybridized carbons (Fsp3) is 0.538. The van der Waals surface area contributed by atoms with E-state index in [9.17, 15) is 4.79 Å². The van der Waals surface area contributed by atoms with Crippen molar-refractivity contribution in [2.45, 2.75) is 39.7 Å². The van der Waals surface area contributed by atoms with Gasteiger partial charge < -0.3 is 4.90 Å². The predicted octanol–water partition coefficient (Wildman–Crippen LogP) is 3.26. The molecular weight excluding hydrogens is 292 g/mol. The third kappa shape index (κ3) is 2.88. The lowest BCUT2D eigenvalue weighted by atomic mass is 10.2. The SMILES string of the molecule is Cc1nc(C(C)C)sc1C(C)N(C)C(=O)c1csnn1. The van der Waals surface area contributed by atoms with Gasteiger partial charge >= 0.3 is 0 Å². The van der Waals surface area contributed by atoms with Crippen molar-refractivity contribution in [1.29, 1.82) is 0 Å². The van der Waals surface area contributed by atoms with E-state index >= 15 is 0 Å². The number of amides is 1. The van der Waals surface area contributed by atoms with Crippen molar-refractivity contribution in [3.05, 3.63) is 26.7 Å². The molecule has 0 aliphatic heterocycles. The minimum Gasteiger partial charge on any atom is -0.333 e. The average Bonchev–Trinajstić information content (AvgIpc) is 3.05. The first-order chi connectivity index (χ1) is 9.41. The van der Waals surface area contributed by atoms with Gasteiger partial charge in [0.05, 0.1) is 16.7 Å². The Bertz CT molecular complexity index is 592. The van der Waals surface area contributed by atoms with Gasteiger partial charge in [0.15, 0.2) is 5.69 Å². The van der Waals surface area contributed by atoms with Gasteiger partial charge in [0, 0.05) is 23.2 Å². The standard InChI is InChI=1S/C13H18N4OS2/c1-7(2)12-14-8(3)11(20-12)9(4)17(5)13(18)10-6-19-16-15-10/h6-7,9H,1-5H3. The molecule has 0 fully saturated rings. The highest BCUT2D eigenvalue weighted by atomic mass is 32.1. The quantitative estimate of drug-likeness (QED) is 0.869. The van der Waals surface area contributed by atoms with Crippen LogP contribution in [0.2, 0.25) is 0 Å². The number of aryl methyl sites for hydroxylation is 1. The monoisotopic (exact) mass is 310 g/mol. The average molecular weight is 310 g/mol. The highest BCUT2D eigenvalue weighted by Crippen LogP contribution is 2.32. The van der Waals surface area contributed by atoms with E-state index in [-0.39, 0.29) is 11.9 Å². The van der Waals surface area contributed by atoms with Crippen molar-refractivity contribution < 1.29 is 4.79 Å². The molecule has 0 saturated heterocycles. The number of carbonyl (C=O) groups is 1. The van der Waals surface area contributed by atoms with Crippen LogP contribution in [0.1, 0.15) is 58.8 Å². The molecule has 1 unspecified atom stereocenters. The van der Waals surface area contributed by atoms with Crippen LogP contribution >= 0.6 is 22.9 Å². The second-order valence-electron chi connectivity index (χ2n) is 5.04. The third-order valence-electron chi connectivity index (χ3n) is 3.20. The first-order valence-corrected chi connectivity index (χ1v) is 8.08. The maximum atomic E-state index is 12.3. The Morgan fingerprint density at radius 3 is 2.55 bits per heavy atom. The molecule has 0 N–H and O–H groups in total. The Balaban J connectivity index is 2.22. The van der Waals surface area contributed by atoms with Crippen molar-refractivity contribution in [2.24, 2.45) is 0 Å². The molecule has 0 aliphatic carbocycles. The van der Waals surface area contributed by atoms with Gasteiger partial charge in [0.2, 0.25) is 0 Å². The van der Waals surface area contributed by atoms with E-state index in [1.54, 1.807) is 28.7 Å². The Labute approximate surface area is 126 Å². The van der Waals surface area contributed by atoms with Crippen LogP contribution in [-0.4, -0.2) is 32.4 Å². The molecule has 0 radical (unpaired) electrons. The number of rotatable bonds is 4. The van der Waals surface area contributed by atoms with Gasteiger partial charge in [-0.25, -0.2) is 4.98 Å². The van der Waals surface area contributed by atoms with Crippen molar-refractivity contribution in [3.8, 4) is 0 Å². The number of hydrogen-bond acceptors (Lipinski definition) is 6. The van der Waals surface area contributed by atoms with Gasteiger partial charge in [-0.3, -0.25) is 4.79 Å². The lowest BCUT2D eigenvalue weighted by Gasteiger charge is -2.23. The van der Waals surface area contributed by atoms with E-state index in [1.807, 2.05) is 13.8 Å². The molecule has 0 aromatic carbocycles. The molecule has 1 atom stereocenters. The second-order valence-corrected chi connectivity index (χ2v) is 6.71. The number of thiazole rings is 1. The normalized spacial score (nSPS) is 12.7. The van der Waals surface area contributed by atoms with Gasteiger partial charge in [0.25, 0.3) is 5.91 Å². The van der Waals surface area contributed by atoms with Crippen LogP contribution < -0.4 is 0 Å². The molecule has 0 saturated carbocycles. The summed E-state index contributed by atoms with van der Waals surface area (Å²) in [7, 11) is 1.79. The minimum atomic E-state index is -0.106. The number of nitrogens with zero attached hydrogens (tertiary/aromatic N) is 4. The molecule has 1 amide bonds. The Hall–Kier alpha value is -1.34. The third-order valence-corrected chi connectivity index (χ3v) is 5.34. The molecule has 0 aliphatic rings. The van der Waals surface area contributed by atoms with Crippen LogP contribution in [0.5, 0.6) is 0 Å². The number of hydrogen-bond donors (Lipinski definition) is 0. The first kappa shape index (κ1) is 15.1. The van der Waals surface area contributed by atoms with Crippen LogP contribution in [0.25, 0.3) is 0 Å². The molecule has 7 heteroatoms. The fourth-order valence-corrected chi connectivity index (χ4v) is 3.45.